The highest BCUT2D eigenvalue weighted by Crippen LogP contribution is 2.23. The number of rotatable bonds is 4. The normalized spacial score (nSPS) is 11.8. The molecule has 0 saturated carbocycles. The number of aromatic nitrogens is 2. The lowest BCUT2D eigenvalue weighted by Crippen LogP contribution is -2.36. The summed E-state index contributed by atoms with van der Waals surface area (Å²) in [7, 11) is 0. The van der Waals surface area contributed by atoms with Gasteiger partial charge in [0.2, 0.25) is 11.7 Å². The molecule has 0 aliphatic carbocycles. The molecule has 0 radical (unpaired) electrons. The predicted octanol–water partition coefficient (Wildman–Crippen LogP) is 3.03. The molecule has 0 saturated heterocycles. The number of hydrogen-bond acceptors (Lipinski definition) is 4. The molecule has 0 unspecified atom stereocenters. The average molecular weight is 263 g/mol. The summed E-state index contributed by atoms with van der Waals surface area (Å²) in [5.74, 6) is 0.599. The van der Waals surface area contributed by atoms with Crippen molar-refractivity contribution >= 4 is 0 Å². The summed E-state index contributed by atoms with van der Waals surface area (Å²) in [6.45, 7) is 8.56. The van der Waals surface area contributed by atoms with E-state index >= 15 is 0 Å². The zero-order chi connectivity index (χ0) is 14.0. The molecule has 0 aliphatic rings. The number of aryl methyl sites for hydroxylation is 1. The largest absolute Gasteiger partial charge is 0.337 e. The number of nitrogens with one attached hydrogen (secondary N) is 1. The Balaban J connectivity index is 2.35. The fourth-order valence-corrected chi connectivity index (χ4v) is 1.98. The monoisotopic (exact) mass is 263 g/mol. The van der Waals surface area contributed by atoms with E-state index in [-0.39, 0.29) is 5.82 Å². The van der Waals surface area contributed by atoms with Gasteiger partial charge >= 0.3 is 0 Å². The van der Waals surface area contributed by atoms with Gasteiger partial charge < -0.3 is 9.84 Å². The summed E-state index contributed by atoms with van der Waals surface area (Å²) >= 11 is 0. The van der Waals surface area contributed by atoms with Crippen LogP contribution in [0.4, 0.5) is 4.39 Å². The summed E-state index contributed by atoms with van der Waals surface area (Å²) in [4.78, 5) is 4.35. The zero-order valence-electron chi connectivity index (χ0n) is 11.6. The highest BCUT2D eigenvalue weighted by atomic mass is 19.1. The second-order valence-electron chi connectivity index (χ2n) is 5.10. The highest BCUT2D eigenvalue weighted by molar-refractivity contribution is 5.55. The molecule has 1 heterocycles. The first kappa shape index (κ1) is 13.7. The van der Waals surface area contributed by atoms with Gasteiger partial charge in [0.15, 0.2) is 0 Å². The Labute approximate surface area is 112 Å². The van der Waals surface area contributed by atoms with Crippen LogP contribution in [0.1, 0.15) is 32.2 Å². The van der Waals surface area contributed by atoms with Gasteiger partial charge in [0.05, 0.1) is 5.54 Å². The van der Waals surface area contributed by atoms with E-state index in [2.05, 4.69) is 15.5 Å². The van der Waals surface area contributed by atoms with Crippen LogP contribution < -0.4 is 5.32 Å². The molecule has 19 heavy (non-hydrogen) atoms. The lowest BCUT2D eigenvalue weighted by atomic mass is 10.1. The van der Waals surface area contributed by atoms with Gasteiger partial charge in [-0.15, -0.1) is 0 Å². The van der Waals surface area contributed by atoms with Crippen molar-refractivity contribution < 1.29 is 8.91 Å². The van der Waals surface area contributed by atoms with Crippen LogP contribution in [-0.4, -0.2) is 16.7 Å². The van der Waals surface area contributed by atoms with E-state index in [0.717, 1.165) is 12.1 Å². The van der Waals surface area contributed by atoms with E-state index in [9.17, 15) is 4.39 Å². The van der Waals surface area contributed by atoms with E-state index in [1.54, 1.807) is 0 Å². The smallest absolute Gasteiger partial charge is 0.246 e. The van der Waals surface area contributed by atoms with Crippen LogP contribution in [0, 0.1) is 12.7 Å². The molecule has 102 valence electrons. The van der Waals surface area contributed by atoms with Crippen molar-refractivity contribution in [1.82, 2.24) is 15.5 Å². The van der Waals surface area contributed by atoms with Crippen LogP contribution in [0.3, 0.4) is 0 Å². The van der Waals surface area contributed by atoms with Gasteiger partial charge in [-0.25, -0.2) is 4.39 Å². The first-order valence-electron chi connectivity index (χ1n) is 6.29. The van der Waals surface area contributed by atoms with Gasteiger partial charge in [-0.05, 0) is 51.1 Å². The average Bonchev–Trinajstić information content (AvgIpc) is 2.77. The van der Waals surface area contributed by atoms with Gasteiger partial charge in [0, 0.05) is 5.56 Å². The SMILES string of the molecule is CCNC(C)(C)c1nc(-c2cc(C)cc(F)c2)no1. The van der Waals surface area contributed by atoms with Crippen LogP contribution in [0.15, 0.2) is 22.7 Å². The van der Waals surface area contributed by atoms with Crippen molar-refractivity contribution in [2.75, 3.05) is 6.54 Å². The third-order valence-electron chi connectivity index (χ3n) is 2.88. The lowest BCUT2D eigenvalue weighted by Gasteiger charge is -2.20. The van der Waals surface area contributed by atoms with Crippen molar-refractivity contribution in [3.8, 4) is 11.4 Å². The Morgan fingerprint density at radius 3 is 2.68 bits per heavy atom. The summed E-state index contributed by atoms with van der Waals surface area (Å²) < 4.78 is 18.6. The van der Waals surface area contributed by atoms with Crippen molar-refractivity contribution in [3.05, 3.63) is 35.5 Å². The fourth-order valence-electron chi connectivity index (χ4n) is 1.98. The molecular weight excluding hydrogens is 245 g/mol. The summed E-state index contributed by atoms with van der Waals surface area (Å²) in [5, 5.41) is 7.18. The number of hydrogen-bond donors (Lipinski definition) is 1. The first-order valence-corrected chi connectivity index (χ1v) is 6.29. The van der Waals surface area contributed by atoms with E-state index in [4.69, 9.17) is 4.52 Å². The van der Waals surface area contributed by atoms with Crippen LogP contribution in [-0.2, 0) is 5.54 Å². The molecule has 0 spiro atoms. The minimum atomic E-state index is -0.400. The second-order valence-corrected chi connectivity index (χ2v) is 5.10. The third kappa shape index (κ3) is 2.98. The quantitative estimate of drug-likeness (QED) is 0.921. The summed E-state index contributed by atoms with van der Waals surface area (Å²) in [6, 6.07) is 4.70. The molecule has 0 fully saturated rings. The fraction of sp³-hybridized carbons (Fsp3) is 0.429. The molecule has 0 atom stereocenters. The Morgan fingerprint density at radius 1 is 1.32 bits per heavy atom. The second kappa shape index (κ2) is 5.09. The van der Waals surface area contributed by atoms with Gasteiger partial charge in [-0.3, -0.25) is 0 Å². The van der Waals surface area contributed by atoms with Crippen LogP contribution in [0.25, 0.3) is 11.4 Å². The maximum Gasteiger partial charge on any atom is 0.246 e. The van der Waals surface area contributed by atoms with Crippen molar-refractivity contribution in [2.45, 2.75) is 33.2 Å². The molecule has 5 heteroatoms. The Morgan fingerprint density at radius 2 is 2.05 bits per heavy atom. The molecule has 1 aromatic heterocycles. The molecule has 0 aliphatic heterocycles. The topological polar surface area (TPSA) is 51.0 Å². The third-order valence-corrected chi connectivity index (χ3v) is 2.88. The molecule has 2 rings (SSSR count). The molecule has 1 N–H and O–H groups in total. The summed E-state index contributed by atoms with van der Waals surface area (Å²) in [6.07, 6.45) is 0. The van der Waals surface area contributed by atoms with E-state index < -0.39 is 5.54 Å². The van der Waals surface area contributed by atoms with Gasteiger partial charge in [0.1, 0.15) is 5.82 Å². The Hall–Kier alpha value is -1.75. The molecule has 2 aromatic rings. The maximum absolute atomic E-state index is 13.4. The van der Waals surface area contributed by atoms with Gasteiger partial charge in [-0.2, -0.15) is 4.98 Å². The van der Waals surface area contributed by atoms with Gasteiger partial charge in [-0.1, -0.05) is 12.1 Å². The number of nitrogens with zero attached hydrogens (tertiary/aromatic N) is 2. The molecule has 0 amide bonds. The minimum absolute atomic E-state index is 0.299. The van der Waals surface area contributed by atoms with Crippen LogP contribution in [0.5, 0.6) is 0 Å². The lowest BCUT2D eigenvalue weighted by molar-refractivity contribution is 0.272. The van der Waals surface area contributed by atoms with E-state index in [0.29, 0.717) is 17.3 Å². The highest BCUT2D eigenvalue weighted by Gasteiger charge is 2.26. The van der Waals surface area contributed by atoms with Crippen molar-refractivity contribution in [1.29, 1.82) is 0 Å². The number of halogens is 1. The first-order chi connectivity index (χ1) is 8.92. The maximum atomic E-state index is 13.4. The van der Waals surface area contributed by atoms with Crippen molar-refractivity contribution in [2.24, 2.45) is 0 Å². The molecular formula is C14H18FN3O. The van der Waals surface area contributed by atoms with Crippen LogP contribution in [0.2, 0.25) is 0 Å². The number of benzene rings is 1. The van der Waals surface area contributed by atoms with Crippen LogP contribution >= 0.6 is 0 Å². The van der Waals surface area contributed by atoms with Gasteiger partial charge in [0.25, 0.3) is 0 Å². The summed E-state index contributed by atoms with van der Waals surface area (Å²) in [5.41, 5.74) is 1.05. The molecule has 0 bridgehead atoms. The minimum Gasteiger partial charge on any atom is -0.337 e. The molecule has 4 nitrogen and oxygen atoms in total. The Bertz CT molecular complexity index is 558. The van der Waals surface area contributed by atoms with Crippen molar-refractivity contribution in [3.63, 3.8) is 0 Å². The predicted molar refractivity (Wildman–Crippen MR) is 71.1 cm³/mol. The standard InChI is InChI=1S/C14H18FN3O/c1-5-16-14(3,4)13-17-12(18-19-13)10-6-9(2)7-11(15)8-10/h6-8,16H,5H2,1-4H3. The Kier molecular flexibility index (Phi) is 3.66. The van der Waals surface area contributed by atoms with E-state index in [1.165, 1.54) is 12.1 Å². The van der Waals surface area contributed by atoms with E-state index in [1.807, 2.05) is 33.8 Å². The molecule has 1 aromatic carbocycles. The zero-order valence-corrected chi connectivity index (χ0v) is 11.6.